The van der Waals surface area contributed by atoms with Crippen molar-refractivity contribution >= 4 is 23.6 Å². The molecule has 4 nitrogen and oxygen atoms in total. The highest BCUT2D eigenvalue weighted by molar-refractivity contribution is 6.25. The second kappa shape index (κ2) is 3.81. The molecule has 20 heavy (non-hydrogen) atoms. The van der Waals surface area contributed by atoms with Crippen LogP contribution >= 0.6 is 0 Å². The van der Waals surface area contributed by atoms with Gasteiger partial charge in [0, 0.05) is 17.0 Å². The van der Waals surface area contributed by atoms with Gasteiger partial charge < -0.3 is 0 Å². The summed E-state index contributed by atoms with van der Waals surface area (Å²) in [6, 6.07) is 12.7. The monoisotopic (exact) mass is 260 g/mol. The molecule has 2 aliphatic rings. The fourth-order valence-corrected chi connectivity index (χ4v) is 2.62. The van der Waals surface area contributed by atoms with Crippen LogP contribution in [0.5, 0.6) is 0 Å². The van der Waals surface area contributed by atoms with E-state index in [0.29, 0.717) is 22.1 Å². The van der Waals surface area contributed by atoms with Crippen molar-refractivity contribution in [3.63, 3.8) is 0 Å². The third-order valence-corrected chi connectivity index (χ3v) is 3.53. The molecule has 2 heterocycles. The van der Waals surface area contributed by atoms with Crippen molar-refractivity contribution in [3.05, 3.63) is 69.7 Å². The van der Waals surface area contributed by atoms with E-state index in [-0.39, 0.29) is 11.8 Å². The molecule has 0 atom stereocenters. The number of rotatable bonds is 1. The first-order valence-electron chi connectivity index (χ1n) is 6.20. The molecular weight excluding hydrogens is 252 g/mol. The van der Waals surface area contributed by atoms with Crippen molar-refractivity contribution in [1.29, 1.82) is 0 Å². The minimum Gasteiger partial charge on any atom is -0.267 e. The van der Waals surface area contributed by atoms with Gasteiger partial charge in [-0.25, -0.2) is 9.98 Å². The van der Waals surface area contributed by atoms with Crippen molar-refractivity contribution in [2.75, 3.05) is 0 Å². The van der Waals surface area contributed by atoms with Crippen LogP contribution in [-0.2, 0) is 4.79 Å². The summed E-state index contributed by atoms with van der Waals surface area (Å²) in [6.07, 6.45) is 1.52. The molecule has 0 radical (unpaired) electrons. The molecule has 2 aliphatic heterocycles. The molecule has 94 valence electrons. The van der Waals surface area contributed by atoms with Crippen LogP contribution in [0.3, 0.4) is 0 Å². The molecular formula is C16H8N2O2. The van der Waals surface area contributed by atoms with Gasteiger partial charge in [0.25, 0.3) is 11.8 Å². The number of aliphatic imine (C=N–C) groups is 1. The highest BCUT2D eigenvalue weighted by Crippen LogP contribution is 2.24. The van der Waals surface area contributed by atoms with E-state index in [9.17, 15) is 9.59 Å². The zero-order chi connectivity index (χ0) is 13.7. The van der Waals surface area contributed by atoms with Gasteiger partial charge in [-0.15, -0.1) is 0 Å². The van der Waals surface area contributed by atoms with Crippen molar-refractivity contribution in [2.45, 2.75) is 0 Å². The van der Waals surface area contributed by atoms with E-state index < -0.39 is 0 Å². The highest BCUT2D eigenvalue weighted by Gasteiger charge is 2.25. The summed E-state index contributed by atoms with van der Waals surface area (Å²) in [5, 5.41) is 1.48. The predicted molar refractivity (Wildman–Crippen MR) is 73.1 cm³/mol. The fourth-order valence-electron chi connectivity index (χ4n) is 2.62. The molecule has 0 unspecified atom stereocenters. The average Bonchev–Trinajstić information content (AvgIpc) is 2.99. The van der Waals surface area contributed by atoms with E-state index >= 15 is 0 Å². The SMILES string of the molecule is O=C1N=c2ccccc2=C1c1cccc2c1C=NC2=O. The maximum absolute atomic E-state index is 12.2. The smallest absolute Gasteiger partial charge is 0.267 e. The molecule has 2 amide bonds. The van der Waals surface area contributed by atoms with Crippen LogP contribution in [0.1, 0.15) is 21.5 Å². The largest absolute Gasteiger partial charge is 0.278 e. The third-order valence-electron chi connectivity index (χ3n) is 3.53. The van der Waals surface area contributed by atoms with Crippen molar-refractivity contribution in [2.24, 2.45) is 9.98 Å². The number of fused-ring (bicyclic) bond motifs is 2. The van der Waals surface area contributed by atoms with Crippen molar-refractivity contribution < 1.29 is 9.59 Å². The standard InChI is InChI=1S/C16H8N2O2/c19-15-10-6-3-5-9(12(10)8-17-15)14-11-4-1-2-7-13(11)18-16(14)20/h1-8H. The quantitative estimate of drug-likeness (QED) is 0.754. The maximum atomic E-state index is 12.2. The van der Waals surface area contributed by atoms with E-state index in [1.807, 2.05) is 30.3 Å². The maximum Gasteiger partial charge on any atom is 0.278 e. The van der Waals surface area contributed by atoms with Gasteiger partial charge in [0.2, 0.25) is 0 Å². The predicted octanol–water partition coefficient (Wildman–Crippen LogP) is 0.618. The molecule has 4 rings (SSSR count). The highest BCUT2D eigenvalue weighted by atomic mass is 16.2. The van der Waals surface area contributed by atoms with Gasteiger partial charge in [0.1, 0.15) is 0 Å². The number of hydrogen-bond donors (Lipinski definition) is 0. The average molecular weight is 260 g/mol. The van der Waals surface area contributed by atoms with Gasteiger partial charge in [0.05, 0.1) is 16.5 Å². The molecule has 4 heteroatoms. The normalized spacial score (nSPS) is 15.3. The van der Waals surface area contributed by atoms with Gasteiger partial charge in [0.15, 0.2) is 0 Å². The summed E-state index contributed by atoms with van der Waals surface area (Å²) < 4.78 is 0. The Kier molecular flexibility index (Phi) is 2.09. The summed E-state index contributed by atoms with van der Waals surface area (Å²) in [4.78, 5) is 31.7. The molecule has 2 aromatic carbocycles. The second-order valence-corrected chi connectivity index (χ2v) is 4.64. The van der Waals surface area contributed by atoms with Crippen LogP contribution in [0.2, 0.25) is 0 Å². The van der Waals surface area contributed by atoms with Gasteiger partial charge in [-0.1, -0.05) is 30.3 Å². The number of nitrogens with zero attached hydrogens (tertiary/aromatic N) is 2. The Balaban J connectivity index is 2.11. The van der Waals surface area contributed by atoms with Crippen LogP contribution in [0.15, 0.2) is 52.4 Å². The molecule has 0 N–H and O–H groups in total. The summed E-state index contributed by atoms with van der Waals surface area (Å²) in [7, 11) is 0. The number of para-hydroxylation sites is 1. The lowest BCUT2D eigenvalue weighted by Gasteiger charge is -2.05. The molecule has 0 saturated carbocycles. The lowest BCUT2D eigenvalue weighted by atomic mass is 9.95. The Hall–Kier alpha value is -2.88. The molecule has 0 aliphatic carbocycles. The Morgan fingerprint density at radius 2 is 1.60 bits per heavy atom. The Morgan fingerprint density at radius 3 is 2.50 bits per heavy atom. The number of carbonyl (C=O) groups is 2. The lowest BCUT2D eigenvalue weighted by Crippen LogP contribution is -2.22. The minimum atomic E-state index is -0.271. The van der Waals surface area contributed by atoms with Crippen LogP contribution < -0.4 is 10.6 Å². The van der Waals surface area contributed by atoms with E-state index in [0.717, 1.165) is 10.8 Å². The number of benzene rings is 2. The number of hydrogen-bond acceptors (Lipinski definition) is 2. The van der Waals surface area contributed by atoms with Crippen molar-refractivity contribution in [3.8, 4) is 0 Å². The Morgan fingerprint density at radius 1 is 0.800 bits per heavy atom. The van der Waals surface area contributed by atoms with Gasteiger partial charge >= 0.3 is 0 Å². The minimum absolute atomic E-state index is 0.266. The first kappa shape index (κ1) is 11.0. The van der Waals surface area contributed by atoms with Crippen LogP contribution in [0, 0.1) is 0 Å². The number of carbonyl (C=O) groups excluding carboxylic acids is 2. The first-order valence-corrected chi connectivity index (χ1v) is 6.20. The molecule has 0 aromatic heterocycles. The number of amides is 2. The third kappa shape index (κ3) is 1.36. The molecule has 0 saturated heterocycles. The Labute approximate surface area is 113 Å². The lowest BCUT2D eigenvalue weighted by molar-refractivity contribution is -0.112. The van der Waals surface area contributed by atoms with Crippen LogP contribution in [-0.4, -0.2) is 18.0 Å². The van der Waals surface area contributed by atoms with E-state index in [1.54, 1.807) is 12.1 Å². The first-order chi connectivity index (χ1) is 9.75. The molecule has 0 bridgehead atoms. The summed E-state index contributed by atoms with van der Waals surface area (Å²) >= 11 is 0. The molecule has 2 aromatic rings. The van der Waals surface area contributed by atoms with Crippen LogP contribution in [0.25, 0.3) is 5.57 Å². The zero-order valence-electron chi connectivity index (χ0n) is 10.3. The van der Waals surface area contributed by atoms with Crippen molar-refractivity contribution in [1.82, 2.24) is 0 Å². The summed E-state index contributed by atoms with van der Waals surface area (Å²) in [5.74, 6) is -0.537. The fraction of sp³-hybridized carbons (Fsp3) is 0. The van der Waals surface area contributed by atoms with Gasteiger partial charge in [-0.2, -0.15) is 0 Å². The van der Waals surface area contributed by atoms with E-state index in [4.69, 9.17) is 0 Å². The van der Waals surface area contributed by atoms with Gasteiger partial charge in [-0.05, 0) is 17.7 Å². The van der Waals surface area contributed by atoms with Gasteiger partial charge in [-0.3, -0.25) is 9.59 Å². The van der Waals surface area contributed by atoms with E-state index in [2.05, 4.69) is 9.98 Å². The summed E-state index contributed by atoms with van der Waals surface area (Å²) in [6.45, 7) is 0. The van der Waals surface area contributed by atoms with Crippen LogP contribution in [0.4, 0.5) is 0 Å². The Bertz CT molecular complexity index is 939. The second-order valence-electron chi connectivity index (χ2n) is 4.64. The molecule has 0 spiro atoms. The van der Waals surface area contributed by atoms with E-state index in [1.165, 1.54) is 6.21 Å². The topological polar surface area (TPSA) is 58.9 Å². The summed E-state index contributed by atoms with van der Waals surface area (Å²) in [5.41, 5.74) is 2.49. The zero-order valence-corrected chi connectivity index (χ0v) is 10.3. The molecule has 0 fully saturated rings.